The van der Waals surface area contributed by atoms with Crippen molar-refractivity contribution in [3.63, 3.8) is 0 Å². The Kier molecular flexibility index (Phi) is 4.39. The molecule has 0 aliphatic carbocycles. The fourth-order valence-corrected chi connectivity index (χ4v) is 1.56. The Balaban J connectivity index is 2.78. The molecule has 92 valence electrons. The van der Waals surface area contributed by atoms with Gasteiger partial charge >= 0.3 is 0 Å². The molecule has 1 N–H and O–H groups in total. The summed E-state index contributed by atoms with van der Waals surface area (Å²) in [4.78, 5) is 4.54. The van der Waals surface area contributed by atoms with E-state index in [1.165, 1.54) is 0 Å². The van der Waals surface area contributed by atoms with E-state index in [4.69, 9.17) is 0 Å². The summed E-state index contributed by atoms with van der Waals surface area (Å²) in [5, 5.41) is 3.49. The van der Waals surface area contributed by atoms with Crippen LogP contribution in [-0.2, 0) is 6.54 Å². The molecule has 16 heavy (non-hydrogen) atoms. The molecule has 1 unspecified atom stereocenters. The minimum Gasteiger partial charge on any atom is -0.353 e. The molecule has 0 aliphatic heterocycles. The maximum atomic E-state index is 4.54. The van der Waals surface area contributed by atoms with Gasteiger partial charge in [0.25, 0.3) is 0 Å². The lowest BCUT2D eigenvalue weighted by atomic mass is 10.1. The van der Waals surface area contributed by atoms with E-state index >= 15 is 0 Å². The van der Waals surface area contributed by atoms with E-state index < -0.39 is 0 Å². The van der Waals surface area contributed by atoms with Crippen LogP contribution in [0.2, 0.25) is 0 Å². The first-order chi connectivity index (χ1) is 7.40. The molecule has 0 saturated heterocycles. The Morgan fingerprint density at radius 1 is 1.25 bits per heavy atom. The predicted octanol–water partition coefficient (Wildman–Crippen LogP) is 3.30. The van der Waals surface area contributed by atoms with Crippen molar-refractivity contribution in [2.45, 2.75) is 54.1 Å². The molecular formula is C13H25N3. The first kappa shape index (κ1) is 13.1. The van der Waals surface area contributed by atoms with Crippen LogP contribution >= 0.6 is 0 Å². The molecule has 0 aliphatic rings. The van der Waals surface area contributed by atoms with E-state index in [-0.39, 0.29) is 0 Å². The molecule has 0 fully saturated rings. The third-order valence-electron chi connectivity index (χ3n) is 2.82. The molecular weight excluding hydrogens is 198 g/mol. The Morgan fingerprint density at radius 3 is 2.38 bits per heavy atom. The Morgan fingerprint density at radius 2 is 1.88 bits per heavy atom. The van der Waals surface area contributed by atoms with Gasteiger partial charge in [0.15, 0.2) is 0 Å². The zero-order valence-electron chi connectivity index (χ0n) is 11.4. The van der Waals surface area contributed by atoms with Crippen LogP contribution in [-0.4, -0.2) is 15.6 Å². The summed E-state index contributed by atoms with van der Waals surface area (Å²) in [7, 11) is 0. The summed E-state index contributed by atoms with van der Waals surface area (Å²) in [5.41, 5.74) is 1.08. The highest BCUT2D eigenvalue weighted by Crippen LogP contribution is 2.14. The quantitative estimate of drug-likeness (QED) is 0.830. The van der Waals surface area contributed by atoms with Crippen LogP contribution in [0, 0.1) is 18.8 Å². The second-order valence-corrected chi connectivity index (χ2v) is 5.43. The van der Waals surface area contributed by atoms with Crippen molar-refractivity contribution in [2.75, 3.05) is 5.32 Å². The maximum Gasteiger partial charge on any atom is 0.203 e. The summed E-state index contributed by atoms with van der Waals surface area (Å²) in [5.74, 6) is 2.26. The largest absolute Gasteiger partial charge is 0.353 e. The predicted molar refractivity (Wildman–Crippen MR) is 69.7 cm³/mol. The monoisotopic (exact) mass is 223 g/mol. The lowest BCUT2D eigenvalue weighted by Crippen LogP contribution is -2.24. The number of rotatable bonds is 5. The number of aromatic nitrogens is 2. The maximum absolute atomic E-state index is 4.54. The van der Waals surface area contributed by atoms with Gasteiger partial charge < -0.3 is 9.88 Å². The summed E-state index contributed by atoms with van der Waals surface area (Å²) >= 11 is 0. The minimum absolute atomic E-state index is 0.452. The minimum atomic E-state index is 0.452. The highest BCUT2D eigenvalue weighted by molar-refractivity contribution is 5.30. The molecule has 1 aromatic heterocycles. The van der Waals surface area contributed by atoms with Crippen molar-refractivity contribution in [1.29, 1.82) is 0 Å². The van der Waals surface area contributed by atoms with Gasteiger partial charge in [-0.3, -0.25) is 0 Å². The van der Waals surface area contributed by atoms with Crippen molar-refractivity contribution in [3.05, 3.63) is 11.9 Å². The smallest absolute Gasteiger partial charge is 0.203 e. The number of anilines is 1. The topological polar surface area (TPSA) is 29.9 Å². The molecule has 0 spiro atoms. The molecule has 1 atom stereocenters. The number of hydrogen-bond donors (Lipinski definition) is 1. The molecule has 1 rings (SSSR count). The number of aryl methyl sites for hydroxylation is 1. The van der Waals surface area contributed by atoms with E-state index in [1.54, 1.807) is 0 Å². The molecule has 0 radical (unpaired) electrons. The third-order valence-corrected chi connectivity index (χ3v) is 2.82. The Labute approximate surface area is 99.3 Å². The van der Waals surface area contributed by atoms with E-state index in [0.717, 1.165) is 18.2 Å². The van der Waals surface area contributed by atoms with Crippen LogP contribution < -0.4 is 5.32 Å². The molecule has 3 heteroatoms. The van der Waals surface area contributed by atoms with Crippen molar-refractivity contribution in [1.82, 2.24) is 9.55 Å². The molecule has 0 amide bonds. The van der Waals surface area contributed by atoms with Crippen molar-refractivity contribution in [3.8, 4) is 0 Å². The standard InChI is InChI=1S/C13H25N3/c1-9(2)7-16-8-11(5)14-13(16)15-12(6)10(3)4/h8-10,12H,7H2,1-6H3,(H,14,15). The second-order valence-electron chi connectivity index (χ2n) is 5.43. The van der Waals surface area contributed by atoms with E-state index in [2.05, 4.69) is 55.7 Å². The molecule has 0 aromatic carbocycles. The summed E-state index contributed by atoms with van der Waals surface area (Å²) in [6.07, 6.45) is 2.12. The van der Waals surface area contributed by atoms with Gasteiger partial charge in [0.2, 0.25) is 5.95 Å². The van der Waals surface area contributed by atoms with E-state index in [0.29, 0.717) is 17.9 Å². The van der Waals surface area contributed by atoms with Crippen LogP contribution in [0.3, 0.4) is 0 Å². The van der Waals surface area contributed by atoms with Crippen molar-refractivity contribution >= 4 is 5.95 Å². The fraction of sp³-hybridized carbons (Fsp3) is 0.769. The van der Waals surface area contributed by atoms with Gasteiger partial charge in [-0.25, -0.2) is 4.98 Å². The van der Waals surface area contributed by atoms with Crippen LogP contribution in [0.4, 0.5) is 5.95 Å². The first-order valence-corrected chi connectivity index (χ1v) is 6.20. The van der Waals surface area contributed by atoms with Crippen LogP contribution in [0.25, 0.3) is 0 Å². The number of imidazole rings is 1. The van der Waals surface area contributed by atoms with Crippen LogP contribution in [0.1, 0.15) is 40.3 Å². The number of nitrogens with zero attached hydrogens (tertiary/aromatic N) is 2. The van der Waals surface area contributed by atoms with Crippen molar-refractivity contribution < 1.29 is 0 Å². The van der Waals surface area contributed by atoms with Gasteiger partial charge in [-0.15, -0.1) is 0 Å². The third kappa shape index (κ3) is 3.54. The Bertz CT molecular complexity index is 326. The van der Waals surface area contributed by atoms with Crippen LogP contribution in [0.15, 0.2) is 6.20 Å². The van der Waals surface area contributed by atoms with Gasteiger partial charge in [-0.2, -0.15) is 0 Å². The molecule has 0 saturated carbocycles. The molecule has 3 nitrogen and oxygen atoms in total. The van der Waals surface area contributed by atoms with Crippen molar-refractivity contribution in [2.24, 2.45) is 11.8 Å². The number of nitrogens with one attached hydrogen (secondary N) is 1. The van der Waals surface area contributed by atoms with Gasteiger partial charge in [0.1, 0.15) is 0 Å². The normalized spacial score (nSPS) is 13.5. The average Bonchev–Trinajstić information content (AvgIpc) is 2.45. The van der Waals surface area contributed by atoms with Crippen LogP contribution in [0.5, 0.6) is 0 Å². The average molecular weight is 223 g/mol. The zero-order chi connectivity index (χ0) is 12.3. The molecule has 1 heterocycles. The van der Waals surface area contributed by atoms with Gasteiger partial charge in [0.05, 0.1) is 5.69 Å². The summed E-state index contributed by atoms with van der Waals surface area (Å²) in [6, 6.07) is 0.452. The SMILES string of the molecule is Cc1cn(CC(C)C)c(NC(C)C(C)C)n1. The van der Waals surface area contributed by atoms with E-state index in [1.807, 2.05) is 6.92 Å². The highest BCUT2D eigenvalue weighted by Gasteiger charge is 2.12. The summed E-state index contributed by atoms with van der Waals surface area (Å²) in [6.45, 7) is 14.2. The first-order valence-electron chi connectivity index (χ1n) is 6.20. The Hall–Kier alpha value is -0.990. The summed E-state index contributed by atoms with van der Waals surface area (Å²) < 4.78 is 2.22. The second kappa shape index (κ2) is 5.37. The van der Waals surface area contributed by atoms with E-state index in [9.17, 15) is 0 Å². The number of hydrogen-bond acceptors (Lipinski definition) is 2. The van der Waals surface area contributed by atoms with Gasteiger partial charge in [0, 0.05) is 18.8 Å². The molecule has 1 aromatic rings. The van der Waals surface area contributed by atoms with Gasteiger partial charge in [-0.05, 0) is 25.7 Å². The lowest BCUT2D eigenvalue weighted by molar-refractivity contribution is 0.512. The lowest BCUT2D eigenvalue weighted by Gasteiger charge is -2.19. The zero-order valence-corrected chi connectivity index (χ0v) is 11.4. The molecule has 0 bridgehead atoms. The fourth-order valence-electron chi connectivity index (χ4n) is 1.56. The van der Waals surface area contributed by atoms with Gasteiger partial charge in [-0.1, -0.05) is 27.7 Å². The highest BCUT2D eigenvalue weighted by atomic mass is 15.2.